The van der Waals surface area contributed by atoms with Gasteiger partial charge in [-0.3, -0.25) is 9.59 Å². The highest BCUT2D eigenvalue weighted by atomic mass is 16.3. The van der Waals surface area contributed by atoms with Crippen molar-refractivity contribution in [3.63, 3.8) is 0 Å². The summed E-state index contributed by atoms with van der Waals surface area (Å²) >= 11 is 0. The highest BCUT2D eigenvalue weighted by molar-refractivity contribution is 5.98. The quantitative estimate of drug-likeness (QED) is 0.514. The molecule has 2 heterocycles. The Morgan fingerprint density at radius 2 is 2.28 bits per heavy atom. The molecule has 1 unspecified atom stereocenters. The third kappa shape index (κ3) is 2.69. The van der Waals surface area contributed by atoms with Crippen LogP contribution in [-0.2, 0) is 0 Å². The summed E-state index contributed by atoms with van der Waals surface area (Å²) in [6, 6.07) is 1.43. The number of β-amino-alcohol motifs (C(OH)–C–C–N with tert-alkyl or cyclic N) is 1. The van der Waals surface area contributed by atoms with Crippen LogP contribution < -0.4 is 11.1 Å². The number of H-pyrrole nitrogens is 1. The summed E-state index contributed by atoms with van der Waals surface area (Å²) in [6.45, 7) is 1.89. The minimum absolute atomic E-state index is 0.245. The number of amides is 2. The van der Waals surface area contributed by atoms with Crippen molar-refractivity contribution in [2.75, 3.05) is 26.2 Å². The highest BCUT2D eigenvalue weighted by Crippen LogP contribution is 2.08. The van der Waals surface area contributed by atoms with Crippen LogP contribution >= 0.6 is 0 Å². The van der Waals surface area contributed by atoms with Gasteiger partial charge < -0.3 is 26.0 Å². The average molecular weight is 252 g/mol. The minimum atomic E-state index is -0.581. The summed E-state index contributed by atoms with van der Waals surface area (Å²) in [4.78, 5) is 27.4. The monoisotopic (exact) mass is 252 g/mol. The van der Waals surface area contributed by atoms with Gasteiger partial charge in [0.1, 0.15) is 5.69 Å². The fourth-order valence-corrected chi connectivity index (χ4v) is 1.91. The molecule has 1 aromatic rings. The van der Waals surface area contributed by atoms with Gasteiger partial charge in [0.15, 0.2) is 0 Å². The predicted octanol–water partition coefficient (Wildman–Crippen LogP) is -1.48. The Labute approximate surface area is 104 Å². The molecule has 18 heavy (non-hydrogen) atoms. The summed E-state index contributed by atoms with van der Waals surface area (Å²) in [5, 5.41) is 12.6. The number of carbonyl (C=O) groups excluding carboxylic acids is 2. The summed E-state index contributed by atoms with van der Waals surface area (Å²) in [5.74, 6) is -0.826. The Hall–Kier alpha value is -1.86. The SMILES string of the molecule is NC(=O)c1c[nH]c(C(=O)N2CCNCC(O)C2)c1. The predicted molar refractivity (Wildman–Crippen MR) is 64.1 cm³/mol. The van der Waals surface area contributed by atoms with Crippen LogP contribution in [-0.4, -0.2) is 59.1 Å². The molecule has 98 valence electrons. The normalized spacial score (nSPS) is 20.5. The van der Waals surface area contributed by atoms with Gasteiger partial charge >= 0.3 is 0 Å². The molecular formula is C11H16N4O3. The number of aliphatic hydroxyl groups is 1. The number of nitrogens with one attached hydrogen (secondary N) is 2. The summed E-state index contributed by atoms with van der Waals surface area (Å²) in [5.41, 5.74) is 5.69. The van der Waals surface area contributed by atoms with E-state index in [1.54, 1.807) is 4.90 Å². The maximum absolute atomic E-state index is 12.1. The third-order valence-electron chi connectivity index (χ3n) is 2.85. The lowest BCUT2D eigenvalue weighted by Crippen LogP contribution is -2.37. The van der Waals surface area contributed by atoms with Crippen molar-refractivity contribution in [1.82, 2.24) is 15.2 Å². The van der Waals surface area contributed by atoms with Crippen molar-refractivity contribution in [2.45, 2.75) is 6.10 Å². The van der Waals surface area contributed by atoms with E-state index >= 15 is 0 Å². The van der Waals surface area contributed by atoms with Crippen LogP contribution in [0, 0.1) is 0 Å². The fraction of sp³-hybridized carbons (Fsp3) is 0.455. The zero-order chi connectivity index (χ0) is 13.1. The maximum Gasteiger partial charge on any atom is 0.270 e. The topological polar surface area (TPSA) is 111 Å². The van der Waals surface area contributed by atoms with Crippen LogP contribution in [0.1, 0.15) is 20.8 Å². The Morgan fingerprint density at radius 3 is 2.94 bits per heavy atom. The molecular weight excluding hydrogens is 236 g/mol. The number of aromatic amines is 1. The van der Waals surface area contributed by atoms with E-state index in [1.807, 2.05) is 0 Å². The average Bonchev–Trinajstić information content (AvgIpc) is 2.72. The molecule has 2 amide bonds. The molecule has 1 aromatic heterocycles. The second-order valence-electron chi connectivity index (χ2n) is 4.28. The second kappa shape index (κ2) is 5.19. The molecule has 2 rings (SSSR count). The Bertz CT molecular complexity index is 457. The molecule has 0 aliphatic carbocycles. The van der Waals surface area contributed by atoms with Crippen molar-refractivity contribution in [3.8, 4) is 0 Å². The van der Waals surface area contributed by atoms with Crippen molar-refractivity contribution in [3.05, 3.63) is 23.5 Å². The number of primary amides is 1. The first-order valence-corrected chi connectivity index (χ1v) is 5.74. The van der Waals surface area contributed by atoms with E-state index in [0.717, 1.165) is 0 Å². The first kappa shape index (κ1) is 12.6. The van der Waals surface area contributed by atoms with E-state index < -0.39 is 12.0 Å². The smallest absolute Gasteiger partial charge is 0.270 e. The Balaban J connectivity index is 2.11. The number of aliphatic hydroxyl groups excluding tert-OH is 1. The fourth-order valence-electron chi connectivity index (χ4n) is 1.91. The largest absolute Gasteiger partial charge is 0.390 e. The third-order valence-corrected chi connectivity index (χ3v) is 2.85. The molecule has 1 saturated heterocycles. The van der Waals surface area contributed by atoms with Crippen LogP contribution in [0.2, 0.25) is 0 Å². The molecule has 7 heteroatoms. The summed E-state index contributed by atoms with van der Waals surface area (Å²) < 4.78 is 0. The van der Waals surface area contributed by atoms with E-state index in [9.17, 15) is 14.7 Å². The molecule has 0 spiro atoms. The van der Waals surface area contributed by atoms with Crippen LogP contribution in [0.4, 0.5) is 0 Å². The lowest BCUT2D eigenvalue weighted by molar-refractivity contribution is 0.0668. The second-order valence-corrected chi connectivity index (χ2v) is 4.28. The zero-order valence-corrected chi connectivity index (χ0v) is 9.85. The number of aromatic nitrogens is 1. The minimum Gasteiger partial charge on any atom is -0.390 e. The number of nitrogens with two attached hydrogens (primary N) is 1. The zero-order valence-electron chi connectivity index (χ0n) is 9.85. The van der Waals surface area contributed by atoms with E-state index in [4.69, 9.17) is 5.73 Å². The van der Waals surface area contributed by atoms with Crippen molar-refractivity contribution in [2.24, 2.45) is 5.73 Å². The Morgan fingerprint density at radius 1 is 1.50 bits per heavy atom. The molecule has 0 saturated carbocycles. The summed E-state index contributed by atoms with van der Waals surface area (Å²) in [7, 11) is 0. The van der Waals surface area contributed by atoms with Gasteiger partial charge in [0.25, 0.3) is 5.91 Å². The van der Waals surface area contributed by atoms with E-state index in [0.29, 0.717) is 25.3 Å². The molecule has 0 aromatic carbocycles. The summed E-state index contributed by atoms with van der Waals surface area (Å²) in [6.07, 6.45) is 0.823. The van der Waals surface area contributed by atoms with Gasteiger partial charge in [0.05, 0.1) is 11.7 Å². The molecule has 0 bridgehead atoms. The number of rotatable bonds is 2. The molecule has 1 atom stereocenters. The molecule has 5 N–H and O–H groups in total. The van der Waals surface area contributed by atoms with Crippen molar-refractivity contribution < 1.29 is 14.7 Å². The van der Waals surface area contributed by atoms with Gasteiger partial charge in [-0.25, -0.2) is 0 Å². The van der Waals surface area contributed by atoms with Gasteiger partial charge in [0.2, 0.25) is 5.91 Å². The number of carbonyl (C=O) groups is 2. The first-order valence-electron chi connectivity index (χ1n) is 5.74. The van der Waals surface area contributed by atoms with Crippen molar-refractivity contribution >= 4 is 11.8 Å². The number of hydrogen-bond acceptors (Lipinski definition) is 4. The van der Waals surface area contributed by atoms with E-state index in [1.165, 1.54) is 12.3 Å². The lowest BCUT2D eigenvalue weighted by Gasteiger charge is -2.20. The van der Waals surface area contributed by atoms with Gasteiger partial charge in [0, 0.05) is 32.4 Å². The molecule has 0 radical (unpaired) electrons. The Kier molecular flexibility index (Phi) is 3.63. The van der Waals surface area contributed by atoms with Gasteiger partial charge in [-0.05, 0) is 6.07 Å². The number of hydrogen-bond donors (Lipinski definition) is 4. The van der Waals surface area contributed by atoms with Gasteiger partial charge in [-0.2, -0.15) is 0 Å². The van der Waals surface area contributed by atoms with Gasteiger partial charge in [-0.15, -0.1) is 0 Å². The van der Waals surface area contributed by atoms with Crippen molar-refractivity contribution in [1.29, 1.82) is 0 Å². The highest BCUT2D eigenvalue weighted by Gasteiger charge is 2.22. The molecule has 1 aliphatic rings. The molecule has 1 aliphatic heterocycles. The number of nitrogens with zero attached hydrogens (tertiary/aromatic N) is 1. The van der Waals surface area contributed by atoms with Crippen LogP contribution in [0.25, 0.3) is 0 Å². The van der Waals surface area contributed by atoms with Crippen LogP contribution in [0.3, 0.4) is 0 Å². The maximum atomic E-state index is 12.1. The van der Waals surface area contributed by atoms with Crippen LogP contribution in [0.5, 0.6) is 0 Å². The standard InChI is InChI=1S/C11H16N4O3/c12-10(17)7-3-9(14-4-7)11(18)15-2-1-13-5-8(16)6-15/h3-4,8,13-14,16H,1-2,5-6H2,(H2,12,17). The van der Waals surface area contributed by atoms with E-state index in [-0.39, 0.29) is 18.0 Å². The first-order chi connectivity index (χ1) is 8.58. The van der Waals surface area contributed by atoms with Gasteiger partial charge in [-0.1, -0.05) is 0 Å². The molecule has 1 fully saturated rings. The molecule has 7 nitrogen and oxygen atoms in total. The van der Waals surface area contributed by atoms with E-state index in [2.05, 4.69) is 10.3 Å². The van der Waals surface area contributed by atoms with Crippen LogP contribution in [0.15, 0.2) is 12.3 Å². The lowest BCUT2D eigenvalue weighted by atomic mass is 10.2.